The van der Waals surface area contributed by atoms with E-state index in [9.17, 15) is 13.2 Å². The predicted molar refractivity (Wildman–Crippen MR) is 52.8 cm³/mol. The van der Waals surface area contributed by atoms with Crippen LogP contribution in [0.25, 0.3) is 0 Å². The van der Waals surface area contributed by atoms with Gasteiger partial charge in [0, 0.05) is 4.47 Å². The second-order valence-electron chi connectivity index (χ2n) is 3.01. The lowest BCUT2D eigenvalue weighted by atomic mass is 10.1. The van der Waals surface area contributed by atoms with Gasteiger partial charge in [0.2, 0.25) is 0 Å². The van der Waals surface area contributed by atoms with Gasteiger partial charge < -0.3 is 0 Å². The molecular weight excluding hydrogens is 275 g/mol. The highest BCUT2D eigenvalue weighted by Crippen LogP contribution is 2.34. The lowest BCUT2D eigenvalue weighted by Crippen LogP contribution is -2.10. The van der Waals surface area contributed by atoms with Crippen LogP contribution in [-0.2, 0) is 11.0 Å². The first kappa shape index (κ1) is 12.5. The van der Waals surface area contributed by atoms with Gasteiger partial charge in [-0.05, 0) is 30.7 Å². The molecule has 0 saturated heterocycles. The summed E-state index contributed by atoms with van der Waals surface area (Å²) in [6, 6.07) is 3.34. The van der Waals surface area contributed by atoms with E-state index in [1.54, 1.807) is 6.92 Å². The first-order chi connectivity index (χ1) is 6.86. The number of nitrogens with two attached hydrogens (primary N) is 1. The number of halogens is 4. The van der Waals surface area contributed by atoms with E-state index in [1.165, 1.54) is 6.07 Å². The largest absolute Gasteiger partial charge is 0.416 e. The molecule has 0 heterocycles. The Morgan fingerprint density at radius 2 is 2.00 bits per heavy atom. The third-order valence-electron chi connectivity index (χ3n) is 1.97. The SMILES string of the molecule is CC(ON)c1cc(C(F)(F)F)ccc1Br. The fourth-order valence-electron chi connectivity index (χ4n) is 1.10. The Labute approximate surface area is 93.3 Å². The van der Waals surface area contributed by atoms with Gasteiger partial charge in [-0.25, -0.2) is 5.90 Å². The van der Waals surface area contributed by atoms with Gasteiger partial charge in [-0.15, -0.1) is 0 Å². The van der Waals surface area contributed by atoms with E-state index in [-0.39, 0.29) is 0 Å². The molecule has 2 nitrogen and oxygen atoms in total. The number of rotatable bonds is 2. The smallest absolute Gasteiger partial charge is 0.297 e. The molecule has 6 heteroatoms. The van der Waals surface area contributed by atoms with E-state index < -0.39 is 17.8 Å². The molecule has 0 saturated carbocycles. The van der Waals surface area contributed by atoms with E-state index in [1.807, 2.05) is 0 Å². The van der Waals surface area contributed by atoms with Gasteiger partial charge in [0.05, 0.1) is 5.56 Å². The number of hydrogen-bond acceptors (Lipinski definition) is 2. The molecule has 0 spiro atoms. The molecule has 0 fully saturated rings. The number of alkyl halides is 3. The van der Waals surface area contributed by atoms with Gasteiger partial charge in [-0.3, -0.25) is 4.84 Å². The van der Waals surface area contributed by atoms with Crippen LogP contribution in [0.4, 0.5) is 13.2 Å². The summed E-state index contributed by atoms with van der Waals surface area (Å²) in [5, 5.41) is 0. The Kier molecular flexibility index (Phi) is 3.75. The Morgan fingerprint density at radius 3 is 2.47 bits per heavy atom. The molecule has 1 unspecified atom stereocenters. The average Bonchev–Trinajstić information content (AvgIpc) is 2.15. The summed E-state index contributed by atoms with van der Waals surface area (Å²) in [7, 11) is 0. The van der Waals surface area contributed by atoms with Crippen molar-refractivity contribution >= 4 is 15.9 Å². The van der Waals surface area contributed by atoms with E-state index in [0.29, 0.717) is 10.0 Å². The molecule has 1 rings (SSSR count). The topological polar surface area (TPSA) is 35.2 Å². The molecular formula is C9H9BrF3NO. The van der Waals surface area contributed by atoms with Crippen molar-refractivity contribution in [3.8, 4) is 0 Å². The third kappa shape index (κ3) is 2.93. The van der Waals surface area contributed by atoms with Crippen molar-refractivity contribution in [2.45, 2.75) is 19.2 Å². The molecule has 84 valence electrons. The van der Waals surface area contributed by atoms with Crippen LogP contribution < -0.4 is 5.90 Å². The lowest BCUT2D eigenvalue weighted by Gasteiger charge is -2.14. The molecule has 0 aromatic heterocycles. The molecule has 1 aromatic rings. The molecule has 15 heavy (non-hydrogen) atoms. The van der Waals surface area contributed by atoms with Gasteiger partial charge in [0.15, 0.2) is 0 Å². The molecule has 1 aromatic carbocycles. The molecule has 2 N–H and O–H groups in total. The summed E-state index contributed by atoms with van der Waals surface area (Å²) in [5.41, 5.74) is -0.350. The fourth-order valence-corrected chi connectivity index (χ4v) is 1.67. The van der Waals surface area contributed by atoms with Gasteiger partial charge >= 0.3 is 6.18 Å². The van der Waals surface area contributed by atoms with Gasteiger partial charge in [0.1, 0.15) is 6.10 Å². The average molecular weight is 284 g/mol. The molecule has 0 aliphatic carbocycles. The Morgan fingerprint density at radius 1 is 1.40 bits per heavy atom. The summed E-state index contributed by atoms with van der Waals surface area (Å²) in [4.78, 5) is 4.49. The van der Waals surface area contributed by atoms with Crippen molar-refractivity contribution in [2.24, 2.45) is 5.90 Å². The van der Waals surface area contributed by atoms with Crippen LogP contribution in [0.15, 0.2) is 22.7 Å². The predicted octanol–water partition coefficient (Wildman–Crippen LogP) is 3.42. The van der Waals surface area contributed by atoms with Crippen LogP contribution >= 0.6 is 15.9 Å². The van der Waals surface area contributed by atoms with Crippen molar-refractivity contribution in [3.63, 3.8) is 0 Å². The second kappa shape index (κ2) is 4.51. The summed E-state index contributed by atoms with van der Waals surface area (Å²) < 4.78 is 37.7. The first-order valence-electron chi connectivity index (χ1n) is 4.08. The molecule has 0 amide bonds. The highest BCUT2D eigenvalue weighted by molar-refractivity contribution is 9.10. The minimum Gasteiger partial charge on any atom is -0.297 e. The zero-order valence-electron chi connectivity index (χ0n) is 7.81. The van der Waals surface area contributed by atoms with E-state index in [2.05, 4.69) is 20.8 Å². The van der Waals surface area contributed by atoms with Crippen molar-refractivity contribution in [3.05, 3.63) is 33.8 Å². The summed E-state index contributed by atoms with van der Waals surface area (Å²) in [5.74, 6) is 4.93. The number of benzene rings is 1. The van der Waals surface area contributed by atoms with Crippen LogP contribution in [0.2, 0.25) is 0 Å². The van der Waals surface area contributed by atoms with Crippen molar-refractivity contribution in [1.82, 2.24) is 0 Å². The zero-order chi connectivity index (χ0) is 11.6. The second-order valence-corrected chi connectivity index (χ2v) is 3.87. The molecule has 1 atom stereocenters. The van der Waals surface area contributed by atoms with Gasteiger partial charge in [-0.2, -0.15) is 13.2 Å². The first-order valence-corrected chi connectivity index (χ1v) is 4.87. The Hall–Kier alpha value is -0.590. The summed E-state index contributed by atoms with van der Waals surface area (Å²) in [6.45, 7) is 1.57. The van der Waals surface area contributed by atoms with Crippen molar-refractivity contribution in [1.29, 1.82) is 0 Å². The van der Waals surface area contributed by atoms with Crippen molar-refractivity contribution in [2.75, 3.05) is 0 Å². The quantitative estimate of drug-likeness (QED) is 0.844. The molecule has 0 aliphatic heterocycles. The summed E-state index contributed by atoms with van der Waals surface area (Å²) >= 11 is 3.14. The minimum atomic E-state index is -4.36. The van der Waals surface area contributed by atoms with Crippen LogP contribution in [0.5, 0.6) is 0 Å². The summed E-state index contributed by atoms with van der Waals surface area (Å²) in [6.07, 6.45) is -4.95. The molecule has 0 aliphatic rings. The normalized spacial score (nSPS) is 14.0. The standard InChI is InChI=1S/C9H9BrF3NO/c1-5(15-14)7-4-6(9(11,12)13)2-3-8(7)10/h2-5H,14H2,1H3. The Balaban J connectivity index is 3.17. The van der Waals surface area contributed by atoms with Crippen LogP contribution in [-0.4, -0.2) is 0 Å². The molecule has 0 bridgehead atoms. The van der Waals surface area contributed by atoms with Gasteiger partial charge in [-0.1, -0.05) is 15.9 Å². The maximum absolute atomic E-state index is 12.4. The van der Waals surface area contributed by atoms with E-state index in [0.717, 1.165) is 12.1 Å². The number of hydrogen-bond donors (Lipinski definition) is 1. The highest BCUT2D eigenvalue weighted by Gasteiger charge is 2.31. The fraction of sp³-hybridized carbons (Fsp3) is 0.333. The minimum absolute atomic E-state index is 0.368. The van der Waals surface area contributed by atoms with Gasteiger partial charge in [0.25, 0.3) is 0 Å². The monoisotopic (exact) mass is 283 g/mol. The van der Waals surface area contributed by atoms with Crippen LogP contribution in [0.1, 0.15) is 24.2 Å². The lowest BCUT2D eigenvalue weighted by molar-refractivity contribution is -0.137. The zero-order valence-corrected chi connectivity index (χ0v) is 9.39. The molecule has 0 radical (unpaired) electrons. The highest BCUT2D eigenvalue weighted by atomic mass is 79.9. The third-order valence-corrected chi connectivity index (χ3v) is 2.69. The van der Waals surface area contributed by atoms with E-state index in [4.69, 9.17) is 5.90 Å². The maximum Gasteiger partial charge on any atom is 0.416 e. The van der Waals surface area contributed by atoms with E-state index >= 15 is 0 Å². The maximum atomic E-state index is 12.4. The van der Waals surface area contributed by atoms with Crippen molar-refractivity contribution < 1.29 is 18.0 Å². The van der Waals surface area contributed by atoms with Crippen LogP contribution in [0, 0.1) is 0 Å². The Bertz CT molecular complexity index is 354. The van der Waals surface area contributed by atoms with Crippen LogP contribution in [0.3, 0.4) is 0 Å².